The molecule has 0 bridgehead atoms. The van der Waals surface area contributed by atoms with E-state index in [2.05, 4.69) is 26.1 Å². The number of hydrogen-bond acceptors (Lipinski definition) is 1. The van der Waals surface area contributed by atoms with Gasteiger partial charge in [0.25, 0.3) is 0 Å². The van der Waals surface area contributed by atoms with Gasteiger partial charge in [0.1, 0.15) is 0 Å². The van der Waals surface area contributed by atoms with Gasteiger partial charge in [-0.05, 0) is 55.5 Å². The van der Waals surface area contributed by atoms with Crippen LogP contribution in [0.25, 0.3) is 0 Å². The summed E-state index contributed by atoms with van der Waals surface area (Å²) in [7, 11) is 0. The number of rotatable bonds is 1. The summed E-state index contributed by atoms with van der Waals surface area (Å²) in [5.74, 6) is 2.79. The van der Waals surface area contributed by atoms with Crippen LogP contribution in [0.2, 0.25) is 0 Å². The Kier molecular flexibility index (Phi) is 3.39. The van der Waals surface area contributed by atoms with Crippen LogP contribution in [0.3, 0.4) is 0 Å². The van der Waals surface area contributed by atoms with E-state index in [4.69, 9.17) is 0 Å². The molecule has 2 fully saturated rings. The number of piperidine rings is 1. The Morgan fingerprint density at radius 3 is 2.73 bits per heavy atom. The van der Waals surface area contributed by atoms with E-state index in [1.54, 1.807) is 0 Å². The van der Waals surface area contributed by atoms with Gasteiger partial charge < -0.3 is 5.32 Å². The van der Waals surface area contributed by atoms with Crippen LogP contribution in [0.15, 0.2) is 0 Å². The third-order valence-electron chi connectivity index (χ3n) is 5.16. The summed E-state index contributed by atoms with van der Waals surface area (Å²) >= 11 is 0. The minimum absolute atomic E-state index is 0.707. The zero-order valence-electron chi connectivity index (χ0n) is 10.7. The van der Waals surface area contributed by atoms with Gasteiger partial charge in [-0.25, -0.2) is 0 Å². The highest BCUT2D eigenvalue weighted by Gasteiger charge is 2.42. The molecule has 1 heterocycles. The highest BCUT2D eigenvalue weighted by molar-refractivity contribution is 4.94. The number of hydrogen-bond donors (Lipinski definition) is 1. The Bertz CT molecular complexity index is 207. The highest BCUT2D eigenvalue weighted by Crippen LogP contribution is 2.49. The molecule has 3 atom stereocenters. The molecule has 88 valence electrons. The van der Waals surface area contributed by atoms with Gasteiger partial charge >= 0.3 is 0 Å². The van der Waals surface area contributed by atoms with Crippen molar-refractivity contribution in [2.75, 3.05) is 13.1 Å². The maximum atomic E-state index is 3.55. The first-order valence-electron chi connectivity index (χ1n) is 6.85. The van der Waals surface area contributed by atoms with Crippen molar-refractivity contribution in [1.29, 1.82) is 0 Å². The molecule has 15 heavy (non-hydrogen) atoms. The zero-order valence-corrected chi connectivity index (χ0v) is 10.7. The maximum Gasteiger partial charge on any atom is -0.00178 e. The zero-order chi connectivity index (χ0) is 10.9. The third kappa shape index (κ3) is 2.22. The van der Waals surface area contributed by atoms with Gasteiger partial charge in [-0.2, -0.15) is 0 Å². The Morgan fingerprint density at radius 2 is 2.07 bits per heavy atom. The van der Waals surface area contributed by atoms with E-state index in [-0.39, 0.29) is 0 Å². The molecule has 1 N–H and O–H groups in total. The van der Waals surface area contributed by atoms with Crippen LogP contribution in [0, 0.1) is 23.2 Å². The second-order valence-corrected chi connectivity index (χ2v) is 6.32. The second-order valence-electron chi connectivity index (χ2n) is 6.32. The summed E-state index contributed by atoms with van der Waals surface area (Å²) in [4.78, 5) is 0. The fraction of sp³-hybridized carbons (Fsp3) is 1.00. The molecule has 1 heteroatoms. The molecule has 0 aromatic carbocycles. The average molecular weight is 209 g/mol. The summed E-state index contributed by atoms with van der Waals surface area (Å²) in [6.45, 7) is 9.81. The number of nitrogens with one attached hydrogen (secondary N) is 1. The van der Waals surface area contributed by atoms with E-state index < -0.39 is 0 Å². The first-order chi connectivity index (χ1) is 7.14. The van der Waals surface area contributed by atoms with Crippen molar-refractivity contribution in [1.82, 2.24) is 5.32 Å². The fourth-order valence-corrected chi connectivity index (χ4v) is 3.81. The molecule has 0 amide bonds. The highest BCUT2D eigenvalue weighted by atomic mass is 14.9. The summed E-state index contributed by atoms with van der Waals surface area (Å²) in [5.41, 5.74) is 0.707. The predicted molar refractivity (Wildman–Crippen MR) is 65.9 cm³/mol. The molecule has 2 rings (SSSR count). The molecule has 1 saturated carbocycles. The minimum atomic E-state index is 0.707. The first-order valence-corrected chi connectivity index (χ1v) is 6.85. The van der Waals surface area contributed by atoms with Gasteiger partial charge in [-0.3, -0.25) is 0 Å². The standard InChI is InChI=1S/C14H27N/c1-11(2)13-5-4-6-14(9-13)7-8-15-10-12(14)3/h11-13,15H,4-10H2,1-3H3. The molecular formula is C14H27N. The molecule has 3 unspecified atom stereocenters. The molecule has 1 saturated heterocycles. The van der Waals surface area contributed by atoms with Gasteiger partial charge in [0.05, 0.1) is 0 Å². The van der Waals surface area contributed by atoms with Crippen LogP contribution in [0.1, 0.15) is 52.9 Å². The van der Waals surface area contributed by atoms with E-state index in [0.717, 1.165) is 17.8 Å². The molecule has 0 aromatic heterocycles. The smallest absolute Gasteiger partial charge is 0.00178 e. The fourth-order valence-electron chi connectivity index (χ4n) is 3.81. The van der Waals surface area contributed by atoms with E-state index in [1.807, 2.05) is 0 Å². The van der Waals surface area contributed by atoms with E-state index >= 15 is 0 Å². The average Bonchev–Trinajstić information content (AvgIpc) is 2.23. The molecule has 1 spiro atoms. The van der Waals surface area contributed by atoms with Crippen LogP contribution in [0.4, 0.5) is 0 Å². The van der Waals surface area contributed by atoms with Crippen molar-refractivity contribution < 1.29 is 0 Å². The lowest BCUT2D eigenvalue weighted by Crippen LogP contribution is -2.46. The Morgan fingerprint density at radius 1 is 1.27 bits per heavy atom. The van der Waals surface area contributed by atoms with Crippen molar-refractivity contribution in [3.8, 4) is 0 Å². The third-order valence-corrected chi connectivity index (χ3v) is 5.16. The van der Waals surface area contributed by atoms with Gasteiger partial charge in [-0.15, -0.1) is 0 Å². The molecule has 0 radical (unpaired) electrons. The summed E-state index contributed by atoms with van der Waals surface area (Å²) in [5, 5.41) is 3.55. The molecule has 1 nitrogen and oxygen atoms in total. The lowest BCUT2D eigenvalue weighted by molar-refractivity contribution is 0.0290. The quantitative estimate of drug-likeness (QED) is 0.697. The minimum Gasteiger partial charge on any atom is -0.316 e. The van der Waals surface area contributed by atoms with Crippen molar-refractivity contribution in [3.05, 3.63) is 0 Å². The van der Waals surface area contributed by atoms with Gasteiger partial charge in [0.15, 0.2) is 0 Å². The van der Waals surface area contributed by atoms with Crippen LogP contribution >= 0.6 is 0 Å². The molecule has 1 aliphatic carbocycles. The lowest BCUT2D eigenvalue weighted by atomic mass is 9.59. The van der Waals surface area contributed by atoms with Crippen molar-refractivity contribution in [3.63, 3.8) is 0 Å². The monoisotopic (exact) mass is 209 g/mol. The Hall–Kier alpha value is -0.0400. The molecule has 1 aliphatic heterocycles. The van der Waals surface area contributed by atoms with E-state index in [9.17, 15) is 0 Å². The van der Waals surface area contributed by atoms with Gasteiger partial charge in [0.2, 0.25) is 0 Å². The largest absolute Gasteiger partial charge is 0.316 e. The Labute approximate surface area is 95.0 Å². The van der Waals surface area contributed by atoms with Crippen LogP contribution in [0.5, 0.6) is 0 Å². The van der Waals surface area contributed by atoms with Crippen molar-refractivity contribution in [2.45, 2.75) is 52.9 Å². The predicted octanol–water partition coefficient (Wildman–Crippen LogP) is 3.45. The summed E-state index contributed by atoms with van der Waals surface area (Å²) in [6.07, 6.45) is 7.40. The first kappa shape index (κ1) is 11.4. The SMILES string of the molecule is CC(C)C1CCCC2(CCNCC2C)C1. The van der Waals surface area contributed by atoms with Crippen LogP contribution in [-0.4, -0.2) is 13.1 Å². The molecular weight excluding hydrogens is 182 g/mol. The molecule has 0 aromatic rings. The topological polar surface area (TPSA) is 12.0 Å². The van der Waals surface area contributed by atoms with Crippen LogP contribution in [-0.2, 0) is 0 Å². The maximum absolute atomic E-state index is 3.55. The summed E-state index contributed by atoms with van der Waals surface area (Å²) in [6, 6.07) is 0. The normalized spacial score (nSPS) is 42.4. The van der Waals surface area contributed by atoms with Gasteiger partial charge in [-0.1, -0.05) is 33.6 Å². The van der Waals surface area contributed by atoms with Crippen LogP contribution < -0.4 is 5.32 Å². The summed E-state index contributed by atoms with van der Waals surface area (Å²) < 4.78 is 0. The molecule has 2 aliphatic rings. The van der Waals surface area contributed by atoms with Gasteiger partial charge in [0, 0.05) is 0 Å². The Balaban J connectivity index is 2.06. The second kappa shape index (κ2) is 4.45. The lowest BCUT2D eigenvalue weighted by Gasteiger charge is -2.49. The van der Waals surface area contributed by atoms with Crippen molar-refractivity contribution >= 4 is 0 Å². The van der Waals surface area contributed by atoms with Crippen molar-refractivity contribution in [2.24, 2.45) is 23.2 Å². The van der Waals surface area contributed by atoms with E-state index in [1.165, 1.54) is 45.2 Å². The van der Waals surface area contributed by atoms with E-state index in [0.29, 0.717) is 5.41 Å².